The van der Waals surface area contributed by atoms with Crippen molar-refractivity contribution >= 4 is 5.91 Å². The molecule has 1 amide bonds. The van der Waals surface area contributed by atoms with Crippen molar-refractivity contribution in [2.45, 2.75) is 25.4 Å². The number of aliphatic hydroxyl groups excluding tert-OH is 1. The summed E-state index contributed by atoms with van der Waals surface area (Å²) >= 11 is 0. The fraction of sp³-hybridized carbons (Fsp3) is 0.471. The molecule has 0 bridgehead atoms. The SMILES string of the molecule is CN(CC1CCCCO1)C(=O)c1ccc(C#CCO)cc1. The van der Waals surface area contributed by atoms with Gasteiger partial charge in [0, 0.05) is 31.3 Å². The van der Waals surface area contributed by atoms with Gasteiger partial charge in [-0.3, -0.25) is 4.79 Å². The molecule has 4 heteroatoms. The van der Waals surface area contributed by atoms with Crippen molar-refractivity contribution in [3.63, 3.8) is 0 Å². The highest BCUT2D eigenvalue weighted by atomic mass is 16.5. The Balaban J connectivity index is 1.94. The summed E-state index contributed by atoms with van der Waals surface area (Å²) in [5.41, 5.74) is 1.43. The van der Waals surface area contributed by atoms with E-state index in [1.54, 1.807) is 36.2 Å². The predicted molar refractivity (Wildman–Crippen MR) is 81.0 cm³/mol. The van der Waals surface area contributed by atoms with E-state index in [0.717, 1.165) is 25.0 Å². The Hall–Kier alpha value is -1.83. The number of carbonyl (C=O) groups excluding carboxylic acids is 1. The van der Waals surface area contributed by atoms with E-state index >= 15 is 0 Å². The van der Waals surface area contributed by atoms with Gasteiger partial charge < -0.3 is 14.7 Å². The molecule has 1 unspecified atom stereocenters. The van der Waals surface area contributed by atoms with Crippen molar-refractivity contribution in [3.8, 4) is 11.8 Å². The third-order valence-corrected chi connectivity index (χ3v) is 3.54. The number of benzene rings is 1. The minimum absolute atomic E-state index is 0.00848. The standard InChI is InChI=1S/C17H21NO3/c1-18(13-16-6-2-3-12-21-16)17(20)15-9-7-14(8-10-15)5-4-11-19/h7-10,16,19H,2-3,6,11-13H2,1H3. The minimum Gasteiger partial charge on any atom is -0.384 e. The number of ether oxygens (including phenoxy) is 1. The highest BCUT2D eigenvalue weighted by Gasteiger charge is 2.19. The Kier molecular flexibility index (Phi) is 5.79. The summed E-state index contributed by atoms with van der Waals surface area (Å²) in [5, 5.41) is 8.65. The molecule has 1 aliphatic rings. The maximum atomic E-state index is 12.3. The van der Waals surface area contributed by atoms with Crippen LogP contribution < -0.4 is 0 Å². The zero-order chi connectivity index (χ0) is 15.1. The highest BCUT2D eigenvalue weighted by molar-refractivity contribution is 5.94. The Morgan fingerprint density at radius 1 is 1.38 bits per heavy atom. The molecule has 0 aliphatic carbocycles. The third-order valence-electron chi connectivity index (χ3n) is 3.54. The molecule has 0 aromatic heterocycles. The summed E-state index contributed by atoms with van der Waals surface area (Å²) in [6.07, 6.45) is 3.46. The normalized spacial score (nSPS) is 17.7. The largest absolute Gasteiger partial charge is 0.384 e. The Labute approximate surface area is 125 Å². The fourth-order valence-corrected chi connectivity index (χ4v) is 2.40. The van der Waals surface area contributed by atoms with E-state index in [0.29, 0.717) is 12.1 Å². The first kappa shape index (κ1) is 15.6. The smallest absolute Gasteiger partial charge is 0.253 e. The van der Waals surface area contributed by atoms with Crippen LogP contribution in [0.2, 0.25) is 0 Å². The third kappa shape index (κ3) is 4.59. The molecule has 1 heterocycles. The monoisotopic (exact) mass is 287 g/mol. The number of rotatable bonds is 3. The summed E-state index contributed by atoms with van der Waals surface area (Å²) in [4.78, 5) is 14.1. The number of hydrogen-bond acceptors (Lipinski definition) is 3. The second-order valence-corrected chi connectivity index (χ2v) is 5.21. The first-order valence-electron chi connectivity index (χ1n) is 7.27. The van der Waals surface area contributed by atoms with Crippen LogP contribution in [0.3, 0.4) is 0 Å². The van der Waals surface area contributed by atoms with Gasteiger partial charge in [0.2, 0.25) is 0 Å². The molecular weight excluding hydrogens is 266 g/mol. The van der Waals surface area contributed by atoms with Crippen LogP contribution >= 0.6 is 0 Å². The van der Waals surface area contributed by atoms with Crippen LogP contribution in [-0.4, -0.2) is 48.8 Å². The van der Waals surface area contributed by atoms with Gasteiger partial charge in [-0.05, 0) is 43.5 Å². The van der Waals surface area contributed by atoms with Crippen molar-refractivity contribution in [2.24, 2.45) is 0 Å². The van der Waals surface area contributed by atoms with Gasteiger partial charge in [0.25, 0.3) is 5.91 Å². The summed E-state index contributed by atoms with van der Waals surface area (Å²) in [7, 11) is 1.81. The Morgan fingerprint density at radius 2 is 2.14 bits per heavy atom. The summed E-state index contributed by atoms with van der Waals surface area (Å²) in [5.74, 6) is 5.39. The molecule has 4 nitrogen and oxygen atoms in total. The van der Waals surface area contributed by atoms with E-state index in [-0.39, 0.29) is 18.6 Å². The molecule has 2 rings (SSSR count). The number of nitrogens with zero attached hydrogens (tertiary/aromatic N) is 1. The maximum Gasteiger partial charge on any atom is 0.253 e. The predicted octanol–water partition coefficient (Wildman–Crippen LogP) is 1.67. The second kappa shape index (κ2) is 7.82. The zero-order valence-electron chi connectivity index (χ0n) is 12.3. The molecule has 0 saturated carbocycles. The number of hydrogen-bond donors (Lipinski definition) is 1. The second-order valence-electron chi connectivity index (χ2n) is 5.21. The van der Waals surface area contributed by atoms with Crippen LogP contribution in [0.25, 0.3) is 0 Å². The lowest BCUT2D eigenvalue weighted by Crippen LogP contribution is -2.37. The molecule has 1 fully saturated rings. The van der Waals surface area contributed by atoms with E-state index in [1.807, 2.05) is 0 Å². The fourth-order valence-electron chi connectivity index (χ4n) is 2.40. The lowest BCUT2D eigenvalue weighted by Gasteiger charge is -2.27. The Morgan fingerprint density at radius 3 is 2.76 bits per heavy atom. The lowest BCUT2D eigenvalue weighted by atomic mass is 10.1. The highest BCUT2D eigenvalue weighted by Crippen LogP contribution is 2.14. The topological polar surface area (TPSA) is 49.8 Å². The lowest BCUT2D eigenvalue weighted by molar-refractivity contribution is -0.000187. The van der Waals surface area contributed by atoms with Gasteiger partial charge in [-0.25, -0.2) is 0 Å². The van der Waals surface area contributed by atoms with Crippen molar-refractivity contribution < 1.29 is 14.6 Å². The van der Waals surface area contributed by atoms with Crippen molar-refractivity contribution in [1.82, 2.24) is 4.90 Å². The number of carbonyl (C=O) groups is 1. The van der Waals surface area contributed by atoms with Gasteiger partial charge in [-0.1, -0.05) is 11.8 Å². The van der Waals surface area contributed by atoms with Crippen molar-refractivity contribution in [3.05, 3.63) is 35.4 Å². The molecule has 21 heavy (non-hydrogen) atoms. The van der Waals surface area contributed by atoms with Gasteiger partial charge in [0.1, 0.15) is 6.61 Å². The molecule has 1 saturated heterocycles. The number of likely N-dealkylation sites (N-methyl/N-ethyl adjacent to an activating group) is 1. The van der Waals surface area contributed by atoms with E-state index in [1.165, 1.54) is 6.42 Å². The van der Waals surface area contributed by atoms with Gasteiger partial charge >= 0.3 is 0 Å². The summed E-state index contributed by atoms with van der Waals surface area (Å²) < 4.78 is 5.66. The molecule has 112 valence electrons. The zero-order valence-corrected chi connectivity index (χ0v) is 12.3. The van der Waals surface area contributed by atoms with Crippen LogP contribution in [0.4, 0.5) is 0 Å². The average molecular weight is 287 g/mol. The maximum absolute atomic E-state index is 12.3. The molecule has 1 aromatic carbocycles. The van der Waals surface area contributed by atoms with Crippen molar-refractivity contribution in [1.29, 1.82) is 0 Å². The molecule has 0 radical (unpaired) electrons. The molecule has 1 atom stereocenters. The quantitative estimate of drug-likeness (QED) is 0.860. The van der Waals surface area contributed by atoms with Crippen molar-refractivity contribution in [2.75, 3.05) is 26.8 Å². The van der Waals surface area contributed by atoms with Crippen LogP contribution in [0.1, 0.15) is 35.2 Å². The van der Waals surface area contributed by atoms with E-state index in [2.05, 4.69) is 11.8 Å². The van der Waals surface area contributed by atoms with Gasteiger partial charge in [-0.15, -0.1) is 0 Å². The Bertz CT molecular complexity index is 521. The van der Waals surface area contributed by atoms with E-state index in [4.69, 9.17) is 9.84 Å². The average Bonchev–Trinajstić information content (AvgIpc) is 2.53. The molecular formula is C17H21NO3. The number of aliphatic hydroxyl groups is 1. The minimum atomic E-state index is -0.162. The molecule has 1 N–H and O–H groups in total. The van der Waals surface area contributed by atoms with Gasteiger partial charge in [0.15, 0.2) is 0 Å². The first-order valence-corrected chi connectivity index (χ1v) is 7.27. The first-order chi connectivity index (χ1) is 10.2. The van der Waals surface area contributed by atoms with Gasteiger partial charge in [0.05, 0.1) is 6.10 Å². The van der Waals surface area contributed by atoms with Gasteiger partial charge in [-0.2, -0.15) is 0 Å². The van der Waals surface area contributed by atoms with Crippen LogP contribution in [0.5, 0.6) is 0 Å². The van der Waals surface area contributed by atoms with E-state index in [9.17, 15) is 4.79 Å². The van der Waals surface area contributed by atoms with Crippen LogP contribution in [-0.2, 0) is 4.74 Å². The van der Waals surface area contributed by atoms with Crippen LogP contribution in [0, 0.1) is 11.8 Å². The summed E-state index contributed by atoms with van der Waals surface area (Å²) in [6, 6.07) is 7.12. The summed E-state index contributed by atoms with van der Waals surface area (Å²) in [6.45, 7) is 1.26. The molecule has 1 aliphatic heterocycles. The van der Waals surface area contributed by atoms with E-state index < -0.39 is 0 Å². The molecule has 0 spiro atoms. The molecule has 1 aromatic rings. The number of amides is 1. The van der Waals surface area contributed by atoms with Crippen LogP contribution in [0.15, 0.2) is 24.3 Å².